The molecule has 2 N–H and O–H groups in total. The van der Waals surface area contributed by atoms with Crippen molar-refractivity contribution in [1.29, 1.82) is 0 Å². The second-order valence-electron chi connectivity index (χ2n) is 8.17. The molecule has 8 heteroatoms. The Morgan fingerprint density at radius 1 is 1.04 bits per heavy atom. The van der Waals surface area contributed by atoms with Crippen LogP contribution in [0.15, 0.2) is 0 Å². The van der Waals surface area contributed by atoms with E-state index in [1.165, 1.54) is 7.05 Å². The highest BCUT2D eigenvalue weighted by Gasteiger charge is 2.31. The Balaban J connectivity index is 4.68. The molecule has 0 aliphatic carbocycles. The summed E-state index contributed by atoms with van der Waals surface area (Å²) in [7, 11) is 1.39. The highest BCUT2D eigenvalue weighted by Crippen LogP contribution is 2.16. The minimum absolute atomic E-state index is 0.168. The number of likely N-dealkylation sites (N-methyl/N-ethyl adjacent to an activating group) is 1. The van der Waals surface area contributed by atoms with Gasteiger partial charge in [-0.25, -0.2) is 14.4 Å². The van der Waals surface area contributed by atoms with Crippen LogP contribution in [0.3, 0.4) is 0 Å². The average Bonchev–Trinajstić information content (AvgIpc) is 2.37. The highest BCUT2D eigenvalue weighted by atomic mass is 16.6. The van der Waals surface area contributed by atoms with E-state index in [0.717, 1.165) is 4.90 Å². The normalized spacial score (nSPS) is 14.2. The zero-order chi connectivity index (χ0) is 20.0. The Labute approximate surface area is 149 Å². The van der Waals surface area contributed by atoms with Gasteiger partial charge in [0.25, 0.3) is 0 Å². The summed E-state index contributed by atoms with van der Waals surface area (Å²) in [6.45, 7) is 12.4. The Morgan fingerprint density at radius 2 is 1.52 bits per heavy atom. The van der Waals surface area contributed by atoms with Gasteiger partial charge in [-0.3, -0.25) is 4.90 Å². The molecule has 25 heavy (non-hydrogen) atoms. The summed E-state index contributed by atoms with van der Waals surface area (Å²) in [5.41, 5.74) is -1.31. The molecule has 0 aromatic carbocycles. The van der Waals surface area contributed by atoms with Gasteiger partial charge in [0.15, 0.2) is 0 Å². The Bertz CT molecular complexity index is 479. The molecule has 0 aromatic heterocycles. The Kier molecular flexibility index (Phi) is 8.21. The first kappa shape index (κ1) is 23.0. The summed E-state index contributed by atoms with van der Waals surface area (Å²) in [6, 6.07) is -1.05. The lowest BCUT2D eigenvalue weighted by Gasteiger charge is -2.30. The maximum atomic E-state index is 12.1. The van der Waals surface area contributed by atoms with Gasteiger partial charge in [-0.15, -0.1) is 0 Å². The topological polar surface area (TPSA) is 105 Å². The molecule has 0 fully saturated rings. The molecule has 0 heterocycles. The van der Waals surface area contributed by atoms with E-state index in [1.807, 2.05) is 0 Å². The molecule has 146 valence electrons. The molecule has 8 nitrogen and oxygen atoms in total. The van der Waals surface area contributed by atoms with Gasteiger partial charge in [0, 0.05) is 13.6 Å². The van der Waals surface area contributed by atoms with Crippen LogP contribution < -0.4 is 5.32 Å². The quantitative estimate of drug-likeness (QED) is 0.754. The fourth-order valence-electron chi connectivity index (χ4n) is 1.92. The Morgan fingerprint density at radius 3 is 1.92 bits per heavy atom. The molecule has 2 amide bonds. The fourth-order valence-corrected chi connectivity index (χ4v) is 1.92. The number of hydrogen-bond donors (Lipinski definition) is 2. The summed E-state index contributed by atoms with van der Waals surface area (Å²) in [5, 5.41) is 12.0. The number of alkyl carbamates (subject to hydrolysis) is 1. The third-order valence-electron chi connectivity index (χ3n) is 3.05. The first-order chi connectivity index (χ1) is 11.1. The molecule has 2 atom stereocenters. The predicted molar refractivity (Wildman–Crippen MR) is 93.4 cm³/mol. The van der Waals surface area contributed by atoms with Crippen molar-refractivity contribution in [3.63, 3.8) is 0 Å². The second-order valence-corrected chi connectivity index (χ2v) is 8.17. The molecule has 0 aliphatic rings. The SMILES string of the molecule is CC(CNC(=O)OC(C)(C)C)C[C@@H](C(=O)O)N(C)C(=O)OC(C)(C)C. The van der Waals surface area contributed by atoms with Gasteiger partial charge in [0.05, 0.1) is 0 Å². The second kappa shape index (κ2) is 8.92. The van der Waals surface area contributed by atoms with Crippen molar-refractivity contribution in [2.45, 2.75) is 72.1 Å². The van der Waals surface area contributed by atoms with E-state index in [1.54, 1.807) is 48.5 Å². The number of nitrogens with zero attached hydrogens (tertiary/aromatic N) is 1. The fraction of sp³-hybridized carbons (Fsp3) is 0.824. The van der Waals surface area contributed by atoms with Crippen LogP contribution in [0.4, 0.5) is 9.59 Å². The number of nitrogens with one attached hydrogen (secondary N) is 1. The number of rotatable bonds is 6. The van der Waals surface area contributed by atoms with Crippen LogP contribution in [0.2, 0.25) is 0 Å². The van der Waals surface area contributed by atoms with E-state index in [9.17, 15) is 19.5 Å². The monoisotopic (exact) mass is 360 g/mol. The van der Waals surface area contributed by atoms with Gasteiger partial charge >= 0.3 is 18.2 Å². The number of ether oxygens (including phenoxy) is 2. The van der Waals surface area contributed by atoms with E-state index in [-0.39, 0.29) is 18.9 Å². The van der Waals surface area contributed by atoms with Crippen molar-refractivity contribution in [3.05, 3.63) is 0 Å². The van der Waals surface area contributed by atoms with Crippen molar-refractivity contribution >= 4 is 18.2 Å². The standard InChI is InChI=1S/C17H32N2O6/c1-11(10-18-14(22)24-16(2,3)4)9-12(13(20)21)19(8)15(23)25-17(5,6)7/h11-12H,9-10H2,1-8H3,(H,18,22)(H,20,21)/t11?,12-/m0/s1. The smallest absolute Gasteiger partial charge is 0.410 e. The van der Waals surface area contributed by atoms with Crippen LogP contribution in [0.1, 0.15) is 54.9 Å². The molecule has 0 aliphatic heterocycles. The van der Waals surface area contributed by atoms with E-state index in [4.69, 9.17) is 9.47 Å². The van der Waals surface area contributed by atoms with Gasteiger partial charge in [0.2, 0.25) is 0 Å². The van der Waals surface area contributed by atoms with Gasteiger partial charge in [-0.2, -0.15) is 0 Å². The molecule has 0 aromatic rings. The third kappa shape index (κ3) is 10.5. The molecule has 0 bridgehead atoms. The molecular formula is C17H32N2O6. The molecule has 0 saturated carbocycles. The van der Waals surface area contributed by atoms with E-state index >= 15 is 0 Å². The molecule has 0 spiro atoms. The Hall–Kier alpha value is -1.99. The zero-order valence-corrected chi connectivity index (χ0v) is 16.5. The van der Waals surface area contributed by atoms with Gasteiger partial charge in [0.1, 0.15) is 17.2 Å². The lowest BCUT2D eigenvalue weighted by atomic mass is 10.0. The van der Waals surface area contributed by atoms with Crippen molar-refractivity contribution < 1.29 is 29.0 Å². The third-order valence-corrected chi connectivity index (χ3v) is 3.05. The summed E-state index contributed by atoms with van der Waals surface area (Å²) in [6.07, 6.45) is -1.10. The van der Waals surface area contributed by atoms with E-state index in [2.05, 4.69) is 5.32 Å². The number of hydrogen-bond acceptors (Lipinski definition) is 5. The number of aliphatic carboxylic acids is 1. The zero-order valence-electron chi connectivity index (χ0n) is 16.5. The van der Waals surface area contributed by atoms with Crippen molar-refractivity contribution in [1.82, 2.24) is 10.2 Å². The van der Waals surface area contributed by atoms with Crippen molar-refractivity contribution in [2.24, 2.45) is 5.92 Å². The first-order valence-corrected chi connectivity index (χ1v) is 8.28. The molecule has 1 unspecified atom stereocenters. The summed E-state index contributed by atoms with van der Waals surface area (Å²) >= 11 is 0. The molecule has 0 saturated heterocycles. The van der Waals surface area contributed by atoms with Crippen LogP contribution in [0.5, 0.6) is 0 Å². The van der Waals surface area contributed by atoms with E-state index in [0.29, 0.717) is 0 Å². The van der Waals surface area contributed by atoms with Crippen molar-refractivity contribution in [2.75, 3.05) is 13.6 Å². The number of carbonyl (C=O) groups is 3. The van der Waals surface area contributed by atoms with Gasteiger partial charge in [-0.05, 0) is 53.9 Å². The van der Waals surface area contributed by atoms with Crippen LogP contribution in [-0.4, -0.2) is 59.0 Å². The van der Waals surface area contributed by atoms with Crippen LogP contribution in [0, 0.1) is 5.92 Å². The number of amides is 2. The number of carboxylic acid groups (broad SMARTS) is 1. The average molecular weight is 360 g/mol. The van der Waals surface area contributed by atoms with Gasteiger partial charge in [-0.1, -0.05) is 6.92 Å². The largest absolute Gasteiger partial charge is 0.480 e. The van der Waals surface area contributed by atoms with Crippen molar-refractivity contribution in [3.8, 4) is 0 Å². The maximum absolute atomic E-state index is 12.1. The van der Waals surface area contributed by atoms with E-state index < -0.39 is 35.4 Å². The number of carbonyl (C=O) groups excluding carboxylic acids is 2. The summed E-state index contributed by atoms with van der Waals surface area (Å²) in [5.74, 6) is -1.31. The predicted octanol–water partition coefficient (Wildman–Crippen LogP) is 2.86. The number of carboxylic acids is 1. The maximum Gasteiger partial charge on any atom is 0.410 e. The van der Waals surface area contributed by atoms with Crippen LogP contribution >= 0.6 is 0 Å². The minimum Gasteiger partial charge on any atom is -0.480 e. The summed E-state index contributed by atoms with van der Waals surface area (Å²) < 4.78 is 10.3. The lowest BCUT2D eigenvalue weighted by molar-refractivity contribution is -0.143. The molecule has 0 rings (SSSR count). The minimum atomic E-state index is -1.13. The first-order valence-electron chi connectivity index (χ1n) is 8.28. The lowest BCUT2D eigenvalue weighted by Crippen LogP contribution is -2.46. The van der Waals surface area contributed by atoms with Crippen LogP contribution in [0.25, 0.3) is 0 Å². The highest BCUT2D eigenvalue weighted by molar-refractivity contribution is 5.80. The molecule has 0 radical (unpaired) electrons. The van der Waals surface area contributed by atoms with Crippen LogP contribution in [-0.2, 0) is 14.3 Å². The van der Waals surface area contributed by atoms with Gasteiger partial charge < -0.3 is 19.9 Å². The summed E-state index contributed by atoms with van der Waals surface area (Å²) in [4.78, 5) is 36.3. The molecular weight excluding hydrogens is 328 g/mol.